The lowest BCUT2D eigenvalue weighted by atomic mass is 10.3. The normalized spacial score (nSPS) is 11.8. The summed E-state index contributed by atoms with van der Waals surface area (Å²) < 4.78 is 0. The zero-order valence-electron chi connectivity index (χ0n) is 8.12. The van der Waals surface area contributed by atoms with E-state index in [9.17, 15) is 0 Å². The van der Waals surface area contributed by atoms with Gasteiger partial charge in [-0.15, -0.1) is 0 Å². The van der Waals surface area contributed by atoms with Crippen molar-refractivity contribution < 1.29 is 0 Å². The number of aliphatic imine (C=N–C) groups is 1. The van der Waals surface area contributed by atoms with E-state index in [0.29, 0.717) is 0 Å². The number of hydrogen-bond acceptors (Lipinski definition) is 1. The Labute approximate surface area is 83.3 Å². The summed E-state index contributed by atoms with van der Waals surface area (Å²) in [6, 6.07) is 0. The Morgan fingerprint density at radius 1 is 1.38 bits per heavy atom. The smallest absolute Gasteiger partial charge is 0.113 e. The number of rotatable bonds is 3. The van der Waals surface area contributed by atoms with E-state index in [-0.39, 0.29) is 10.9 Å². The maximum absolute atomic E-state index is 4.02. The lowest BCUT2D eigenvalue weighted by Crippen LogP contribution is -1.86. The van der Waals surface area contributed by atoms with Gasteiger partial charge in [-0.25, -0.2) is 4.99 Å². The fourth-order valence-corrected chi connectivity index (χ4v) is 0.882. The molecule has 0 heterocycles. The van der Waals surface area contributed by atoms with Crippen molar-refractivity contribution in [2.75, 3.05) is 12.5 Å². The summed E-state index contributed by atoms with van der Waals surface area (Å²) in [5.74, 6) is 2.98. The molecule has 0 aliphatic carbocycles. The Morgan fingerprint density at radius 3 is 2.54 bits per heavy atom. The lowest BCUT2D eigenvalue weighted by Gasteiger charge is -1.93. The van der Waals surface area contributed by atoms with Gasteiger partial charge in [0, 0.05) is 6.20 Å². The first-order chi connectivity index (χ1) is 6.20. The van der Waals surface area contributed by atoms with Crippen LogP contribution in [-0.2, 0) is 0 Å². The van der Waals surface area contributed by atoms with Gasteiger partial charge in [0.05, 0.1) is 0 Å². The average molecular weight is 193 g/mol. The van der Waals surface area contributed by atoms with Crippen molar-refractivity contribution in [2.24, 2.45) is 4.99 Å². The quantitative estimate of drug-likeness (QED) is 0.306. The van der Waals surface area contributed by atoms with Gasteiger partial charge in [-0.2, -0.15) is 10.9 Å². The first-order valence-corrected chi connectivity index (χ1v) is 6.11. The minimum Gasteiger partial charge on any atom is -0.248 e. The second kappa shape index (κ2) is 7.45. The Kier molecular flexibility index (Phi) is 6.76. The molecule has 0 radical (unpaired) electrons. The van der Waals surface area contributed by atoms with Crippen molar-refractivity contribution in [1.29, 1.82) is 0 Å². The number of allylic oxidation sites excluding steroid dienone is 3. The van der Waals surface area contributed by atoms with E-state index in [0.717, 1.165) is 5.71 Å². The molecule has 0 unspecified atom stereocenters. The molecule has 0 atom stereocenters. The third kappa shape index (κ3) is 7.17. The van der Waals surface area contributed by atoms with E-state index in [2.05, 4.69) is 41.8 Å². The summed E-state index contributed by atoms with van der Waals surface area (Å²) in [7, 11) is -0.195. The van der Waals surface area contributed by atoms with E-state index < -0.39 is 0 Å². The molecule has 0 N–H and O–H groups in total. The summed E-state index contributed by atoms with van der Waals surface area (Å²) in [6.07, 6.45) is 11.0. The third-order valence-electron chi connectivity index (χ3n) is 1.03. The third-order valence-corrected chi connectivity index (χ3v) is 1.59. The van der Waals surface area contributed by atoms with Crippen LogP contribution in [0, 0.1) is 11.2 Å². The molecule has 13 heavy (non-hydrogen) atoms. The fraction of sp³-hybridized carbons (Fsp3) is 0.182. The Hall–Kier alpha value is -1.20. The van der Waals surface area contributed by atoms with Crippen molar-refractivity contribution in [3.05, 3.63) is 37.6 Å². The summed E-state index contributed by atoms with van der Waals surface area (Å²) in [6.45, 7) is 7.10. The first kappa shape index (κ1) is 11.8. The lowest BCUT2D eigenvalue weighted by molar-refractivity contribution is 1.60. The number of nitrogens with zero attached hydrogens (tertiary/aromatic N) is 1. The van der Waals surface area contributed by atoms with Crippen LogP contribution in [0.5, 0.6) is 0 Å². The van der Waals surface area contributed by atoms with Crippen LogP contribution in [0.2, 0.25) is 0 Å². The Balaban J connectivity index is 4.56. The maximum Gasteiger partial charge on any atom is 0.113 e. The summed E-state index contributed by atoms with van der Waals surface area (Å²) in [5, 5.41) is 3.09. The molecule has 0 spiro atoms. The van der Waals surface area contributed by atoms with Crippen LogP contribution < -0.4 is 0 Å². The van der Waals surface area contributed by atoms with Gasteiger partial charge in [0.2, 0.25) is 0 Å². The van der Waals surface area contributed by atoms with E-state index in [1.807, 2.05) is 12.2 Å². The van der Waals surface area contributed by atoms with Gasteiger partial charge in [0.1, 0.15) is 5.71 Å². The van der Waals surface area contributed by atoms with Crippen LogP contribution >= 0.6 is 10.9 Å². The van der Waals surface area contributed by atoms with Crippen molar-refractivity contribution in [2.45, 2.75) is 0 Å². The molecule has 0 aliphatic rings. The standard InChI is InChI=1S/C11H15NS/c1-5-7-8-11(12-6-2)9-10-13(3)4/h5-8,13H,1-2H2,3-4H3/b8-7-,12-11+. The van der Waals surface area contributed by atoms with E-state index >= 15 is 0 Å². The summed E-state index contributed by atoms with van der Waals surface area (Å²) in [4.78, 5) is 4.02. The van der Waals surface area contributed by atoms with Crippen LogP contribution in [0.1, 0.15) is 0 Å². The molecule has 0 aromatic heterocycles. The van der Waals surface area contributed by atoms with Gasteiger partial charge in [0.25, 0.3) is 0 Å². The molecular formula is C11H15NS. The van der Waals surface area contributed by atoms with E-state index in [4.69, 9.17) is 0 Å². The van der Waals surface area contributed by atoms with Crippen LogP contribution in [-0.4, -0.2) is 18.2 Å². The highest BCUT2D eigenvalue weighted by Crippen LogP contribution is 2.08. The average Bonchev–Trinajstić information content (AvgIpc) is 2.09. The minimum atomic E-state index is -0.195. The highest BCUT2D eigenvalue weighted by atomic mass is 32.2. The van der Waals surface area contributed by atoms with Gasteiger partial charge >= 0.3 is 0 Å². The minimum absolute atomic E-state index is 0.195. The topological polar surface area (TPSA) is 12.4 Å². The zero-order valence-corrected chi connectivity index (χ0v) is 9.01. The molecule has 2 heteroatoms. The van der Waals surface area contributed by atoms with Crippen LogP contribution in [0.4, 0.5) is 0 Å². The van der Waals surface area contributed by atoms with Crippen LogP contribution in [0.15, 0.2) is 42.6 Å². The fourth-order valence-electron chi connectivity index (χ4n) is 0.544. The van der Waals surface area contributed by atoms with E-state index in [1.54, 1.807) is 6.08 Å². The highest BCUT2D eigenvalue weighted by Gasteiger charge is 1.84. The molecule has 70 valence electrons. The molecule has 0 aromatic rings. The monoisotopic (exact) mass is 193 g/mol. The molecular weight excluding hydrogens is 178 g/mol. The Morgan fingerprint density at radius 2 is 2.08 bits per heavy atom. The number of thiol groups is 1. The Bertz CT molecular complexity index is 287. The van der Waals surface area contributed by atoms with Crippen molar-refractivity contribution >= 4 is 16.6 Å². The second-order valence-corrected chi connectivity index (χ2v) is 4.44. The van der Waals surface area contributed by atoms with Crippen LogP contribution in [0.25, 0.3) is 0 Å². The van der Waals surface area contributed by atoms with Crippen molar-refractivity contribution in [3.8, 4) is 11.2 Å². The van der Waals surface area contributed by atoms with Crippen molar-refractivity contribution in [3.63, 3.8) is 0 Å². The molecule has 0 fully saturated rings. The zero-order chi connectivity index (χ0) is 10.1. The van der Waals surface area contributed by atoms with Gasteiger partial charge in [-0.1, -0.05) is 30.6 Å². The molecule has 0 saturated heterocycles. The summed E-state index contributed by atoms with van der Waals surface area (Å²) in [5.41, 5.74) is 0.728. The van der Waals surface area contributed by atoms with Crippen molar-refractivity contribution in [1.82, 2.24) is 0 Å². The molecule has 0 bridgehead atoms. The van der Waals surface area contributed by atoms with E-state index in [1.165, 1.54) is 6.20 Å². The molecule has 0 aromatic carbocycles. The van der Waals surface area contributed by atoms with Crippen LogP contribution in [0.3, 0.4) is 0 Å². The molecule has 1 nitrogen and oxygen atoms in total. The number of hydrogen-bond donors (Lipinski definition) is 1. The first-order valence-electron chi connectivity index (χ1n) is 3.87. The predicted molar refractivity (Wildman–Crippen MR) is 65.6 cm³/mol. The second-order valence-electron chi connectivity index (χ2n) is 2.42. The molecule has 0 aliphatic heterocycles. The highest BCUT2D eigenvalue weighted by molar-refractivity contribution is 8.20. The van der Waals surface area contributed by atoms with Gasteiger partial charge in [-0.3, -0.25) is 0 Å². The van der Waals surface area contributed by atoms with Gasteiger partial charge in [-0.05, 0) is 24.5 Å². The summed E-state index contributed by atoms with van der Waals surface area (Å²) >= 11 is 0. The SMILES string of the molecule is C=C/C=C\C(C#C[SH](C)C)=N/C=C. The molecule has 0 amide bonds. The largest absolute Gasteiger partial charge is 0.248 e. The predicted octanol–water partition coefficient (Wildman–Crippen LogP) is 2.53. The molecule has 0 rings (SSSR count). The molecule has 0 saturated carbocycles. The maximum atomic E-state index is 4.02. The van der Waals surface area contributed by atoms with Gasteiger partial charge < -0.3 is 0 Å². The van der Waals surface area contributed by atoms with Gasteiger partial charge in [0.15, 0.2) is 0 Å².